The molecular weight excluding hydrogens is 170 g/mol. The Morgan fingerprint density at radius 3 is 2.46 bits per heavy atom. The minimum absolute atomic E-state index is 0.0551. The molecule has 0 spiro atoms. The first-order chi connectivity index (χ1) is 6.06. The molecule has 0 heterocycles. The van der Waals surface area contributed by atoms with Crippen LogP contribution in [0.5, 0.6) is 0 Å². The van der Waals surface area contributed by atoms with Crippen molar-refractivity contribution in [3.63, 3.8) is 0 Å². The van der Waals surface area contributed by atoms with Gasteiger partial charge in [-0.05, 0) is 12.3 Å². The molecule has 76 valence electrons. The lowest BCUT2D eigenvalue weighted by Gasteiger charge is -2.08. The van der Waals surface area contributed by atoms with E-state index in [0.29, 0.717) is 13.0 Å². The van der Waals surface area contributed by atoms with E-state index in [9.17, 15) is 9.59 Å². The molecule has 0 fully saturated rings. The van der Waals surface area contributed by atoms with E-state index in [4.69, 9.17) is 5.11 Å². The van der Waals surface area contributed by atoms with Crippen LogP contribution in [0.15, 0.2) is 0 Å². The molecule has 0 aromatic rings. The van der Waals surface area contributed by atoms with E-state index in [1.165, 1.54) is 0 Å². The van der Waals surface area contributed by atoms with E-state index in [1.54, 1.807) is 6.92 Å². The van der Waals surface area contributed by atoms with Crippen molar-refractivity contribution in [2.24, 2.45) is 5.92 Å². The van der Waals surface area contributed by atoms with Gasteiger partial charge in [-0.2, -0.15) is 0 Å². The van der Waals surface area contributed by atoms with E-state index in [-0.39, 0.29) is 18.2 Å². The number of carboxylic acids is 1. The molecule has 0 aromatic heterocycles. The third-order valence-corrected chi connectivity index (χ3v) is 1.63. The number of carbonyl (C=O) groups excluding carboxylic acids is 1. The maximum atomic E-state index is 11.1. The van der Waals surface area contributed by atoms with Gasteiger partial charge in [0.05, 0.1) is 0 Å². The SMILES string of the molecule is CCCNC(=O)C[C@@H](C)CC(=O)O. The molecule has 4 heteroatoms. The van der Waals surface area contributed by atoms with Crippen molar-refractivity contribution in [3.8, 4) is 0 Å². The van der Waals surface area contributed by atoms with Crippen LogP contribution in [-0.4, -0.2) is 23.5 Å². The molecule has 0 unspecified atom stereocenters. The Bertz CT molecular complexity index is 180. The number of amides is 1. The normalized spacial score (nSPS) is 12.2. The number of hydrogen-bond donors (Lipinski definition) is 2. The van der Waals surface area contributed by atoms with Crippen LogP contribution in [0.1, 0.15) is 33.1 Å². The monoisotopic (exact) mass is 187 g/mol. The highest BCUT2D eigenvalue weighted by Gasteiger charge is 2.11. The predicted octanol–water partition coefficient (Wildman–Crippen LogP) is 1.01. The maximum absolute atomic E-state index is 11.1. The number of carbonyl (C=O) groups is 2. The van der Waals surface area contributed by atoms with Crippen LogP contribution in [0.2, 0.25) is 0 Å². The van der Waals surface area contributed by atoms with Crippen molar-refractivity contribution in [3.05, 3.63) is 0 Å². The molecule has 0 aliphatic carbocycles. The number of rotatable bonds is 6. The zero-order valence-corrected chi connectivity index (χ0v) is 8.17. The molecule has 4 nitrogen and oxygen atoms in total. The van der Waals surface area contributed by atoms with Gasteiger partial charge in [0.2, 0.25) is 5.91 Å². The molecule has 0 saturated heterocycles. The van der Waals surface area contributed by atoms with Gasteiger partial charge in [0.15, 0.2) is 0 Å². The fraction of sp³-hybridized carbons (Fsp3) is 0.778. The van der Waals surface area contributed by atoms with Crippen LogP contribution in [-0.2, 0) is 9.59 Å². The van der Waals surface area contributed by atoms with Gasteiger partial charge in [-0.25, -0.2) is 0 Å². The maximum Gasteiger partial charge on any atom is 0.303 e. The summed E-state index contributed by atoms with van der Waals surface area (Å²) in [5.41, 5.74) is 0. The lowest BCUT2D eigenvalue weighted by atomic mass is 10.0. The highest BCUT2D eigenvalue weighted by atomic mass is 16.4. The second-order valence-corrected chi connectivity index (χ2v) is 3.26. The molecule has 2 N–H and O–H groups in total. The van der Waals surface area contributed by atoms with Crippen molar-refractivity contribution >= 4 is 11.9 Å². The number of nitrogens with one attached hydrogen (secondary N) is 1. The van der Waals surface area contributed by atoms with Crippen molar-refractivity contribution in [1.29, 1.82) is 0 Å². The first-order valence-corrected chi connectivity index (χ1v) is 4.54. The van der Waals surface area contributed by atoms with Gasteiger partial charge in [-0.15, -0.1) is 0 Å². The van der Waals surface area contributed by atoms with Crippen LogP contribution in [0.3, 0.4) is 0 Å². The third-order valence-electron chi connectivity index (χ3n) is 1.63. The molecule has 0 saturated carbocycles. The average Bonchev–Trinajstić information content (AvgIpc) is 1.98. The first kappa shape index (κ1) is 11.9. The lowest BCUT2D eigenvalue weighted by molar-refractivity contribution is -0.138. The Kier molecular flexibility index (Phi) is 5.93. The van der Waals surface area contributed by atoms with Gasteiger partial charge in [-0.3, -0.25) is 9.59 Å². The summed E-state index contributed by atoms with van der Waals surface area (Å²) in [5.74, 6) is -0.999. The van der Waals surface area contributed by atoms with E-state index in [0.717, 1.165) is 6.42 Å². The second kappa shape index (κ2) is 6.46. The summed E-state index contributed by atoms with van der Waals surface area (Å²) < 4.78 is 0. The zero-order valence-electron chi connectivity index (χ0n) is 8.17. The molecule has 0 aliphatic heterocycles. The van der Waals surface area contributed by atoms with Crippen LogP contribution in [0.4, 0.5) is 0 Å². The summed E-state index contributed by atoms with van der Waals surface area (Å²) in [6.07, 6.45) is 1.25. The van der Waals surface area contributed by atoms with E-state index < -0.39 is 5.97 Å². The number of aliphatic carboxylic acids is 1. The topological polar surface area (TPSA) is 66.4 Å². The smallest absolute Gasteiger partial charge is 0.303 e. The Morgan fingerprint density at radius 1 is 1.38 bits per heavy atom. The van der Waals surface area contributed by atoms with Crippen LogP contribution in [0, 0.1) is 5.92 Å². The summed E-state index contributed by atoms with van der Waals surface area (Å²) in [5, 5.41) is 11.1. The summed E-state index contributed by atoms with van der Waals surface area (Å²) in [6, 6.07) is 0. The third kappa shape index (κ3) is 7.31. The highest BCUT2D eigenvalue weighted by Crippen LogP contribution is 2.06. The first-order valence-electron chi connectivity index (χ1n) is 4.54. The predicted molar refractivity (Wildman–Crippen MR) is 49.3 cm³/mol. The van der Waals surface area contributed by atoms with Gasteiger partial charge in [0, 0.05) is 19.4 Å². The fourth-order valence-corrected chi connectivity index (χ4v) is 1.02. The Labute approximate surface area is 78.3 Å². The van der Waals surface area contributed by atoms with Crippen LogP contribution >= 0.6 is 0 Å². The van der Waals surface area contributed by atoms with Crippen molar-refractivity contribution < 1.29 is 14.7 Å². The van der Waals surface area contributed by atoms with E-state index >= 15 is 0 Å². The Morgan fingerprint density at radius 2 is 2.00 bits per heavy atom. The summed E-state index contributed by atoms with van der Waals surface area (Å²) >= 11 is 0. The standard InChI is InChI=1S/C9H17NO3/c1-3-4-10-8(11)5-7(2)6-9(12)13/h7H,3-6H2,1-2H3,(H,10,11)(H,12,13)/t7-/m1/s1. The van der Waals surface area contributed by atoms with Gasteiger partial charge in [0.1, 0.15) is 0 Å². The summed E-state index contributed by atoms with van der Waals surface area (Å²) in [7, 11) is 0. The zero-order chi connectivity index (χ0) is 10.3. The highest BCUT2D eigenvalue weighted by molar-refractivity contribution is 5.77. The van der Waals surface area contributed by atoms with Gasteiger partial charge >= 0.3 is 5.97 Å². The van der Waals surface area contributed by atoms with E-state index in [1.807, 2.05) is 6.92 Å². The fourth-order valence-electron chi connectivity index (χ4n) is 1.02. The van der Waals surface area contributed by atoms with Gasteiger partial charge in [-0.1, -0.05) is 13.8 Å². The molecule has 0 radical (unpaired) electrons. The van der Waals surface area contributed by atoms with Crippen LogP contribution in [0.25, 0.3) is 0 Å². The van der Waals surface area contributed by atoms with Crippen LogP contribution < -0.4 is 5.32 Å². The summed E-state index contributed by atoms with van der Waals surface area (Å²) in [6.45, 7) is 4.40. The molecule has 1 amide bonds. The molecule has 13 heavy (non-hydrogen) atoms. The quantitative estimate of drug-likeness (QED) is 0.652. The molecular formula is C9H17NO3. The molecule has 1 atom stereocenters. The van der Waals surface area contributed by atoms with Crippen molar-refractivity contribution in [2.45, 2.75) is 33.1 Å². The molecule has 0 rings (SSSR count). The Hall–Kier alpha value is -1.06. The largest absolute Gasteiger partial charge is 0.481 e. The van der Waals surface area contributed by atoms with Crippen molar-refractivity contribution in [2.75, 3.05) is 6.54 Å². The second-order valence-electron chi connectivity index (χ2n) is 3.26. The minimum Gasteiger partial charge on any atom is -0.481 e. The minimum atomic E-state index is -0.851. The molecule has 0 aromatic carbocycles. The number of carboxylic acid groups (broad SMARTS) is 1. The van der Waals surface area contributed by atoms with Gasteiger partial charge in [0.25, 0.3) is 0 Å². The van der Waals surface area contributed by atoms with Gasteiger partial charge < -0.3 is 10.4 Å². The Balaban J connectivity index is 3.59. The van der Waals surface area contributed by atoms with E-state index in [2.05, 4.69) is 5.32 Å². The average molecular weight is 187 g/mol. The number of hydrogen-bond acceptors (Lipinski definition) is 2. The lowest BCUT2D eigenvalue weighted by Crippen LogP contribution is -2.26. The summed E-state index contributed by atoms with van der Waals surface area (Å²) in [4.78, 5) is 21.4. The van der Waals surface area contributed by atoms with Crippen molar-refractivity contribution in [1.82, 2.24) is 5.32 Å². The molecule has 0 bridgehead atoms. The molecule has 0 aliphatic rings.